The standard InChI is InChI=1S/C28H31F2N9O2/c1-28(2,3)26(40)41-15-39-14-24(36-37-39)16-4-5-38(13-16)27-33-11-23(35-27)22-10-32-25(12-31-22)34-19-6-17-8-20(29)21(30)9-18(17)7-19/h8-12,14,16,19H,4-7,13,15H2,1-3H3,(H,32,34)(H,33,35). The van der Waals surface area contributed by atoms with E-state index in [1.807, 2.05) is 6.20 Å². The lowest BCUT2D eigenvalue weighted by Crippen LogP contribution is -2.24. The van der Waals surface area contributed by atoms with Gasteiger partial charge in [0.05, 0.1) is 41.6 Å². The van der Waals surface area contributed by atoms with Gasteiger partial charge in [-0.25, -0.2) is 28.4 Å². The fraction of sp³-hybridized carbons (Fsp3) is 0.429. The molecule has 3 aromatic heterocycles. The number of aromatic nitrogens is 7. The number of anilines is 2. The zero-order valence-corrected chi connectivity index (χ0v) is 23.1. The number of hydrogen-bond donors (Lipinski definition) is 2. The Kier molecular flexibility index (Phi) is 6.88. The summed E-state index contributed by atoms with van der Waals surface area (Å²) < 4.78 is 34.0. The molecule has 0 spiro atoms. The maximum Gasteiger partial charge on any atom is 0.313 e. The molecule has 41 heavy (non-hydrogen) atoms. The van der Waals surface area contributed by atoms with Crippen molar-refractivity contribution in [2.24, 2.45) is 5.41 Å². The van der Waals surface area contributed by atoms with Crippen molar-refractivity contribution < 1.29 is 18.3 Å². The molecule has 0 bridgehead atoms. The number of benzene rings is 1. The van der Waals surface area contributed by atoms with Crippen LogP contribution in [0.3, 0.4) is 0 Å². The Balaban J connectivity index is 1.03. The molecule has 13 heteroatoms. The third kappa shape index (κ3) is 5.74. The van der Waals surface area contributed by atoms with Crippen molar-refractivity contribution in [2.45, 2.75) is 58.7 Å². The zero-order valence-electron chi connectivity index (χ0n) is 23.1. The first-order chi connectivity index (χ1) is 19.6. The Hall–Kier alpha value is -4.42. The van der Waals surface area contributed by atoms with E-state index in [2.05, 4.69) is 40.5 Å². The molecule has 0 radical (unpaired) electrons. The van der Waals surface area contributed by atoms with Gasteiger partial charge in [-0.3, -0.25) is 4.79 Å². The van der Waals surface area contributed by atoms with Crippen LogP contribution in [0.25, 0.3) is 11.4 Å². The van der Waals surface area contributed by atoms with Crippen LogP contribution in [0.5, 0.6) is 0 Å². The van der Waals surface area contributed by atoms with Crippen LogP contribution < -0.4 is 10.2 Å². The lowest BCUT2D eigenvalue weighted by Gasteiger charge is -2.16. The second-order valence-electron chi connectivity index (χ2n) is 11.6. The highest BCUT2D eigenvalue weighted by atomic mass is 19.2. The highest BCUT2D eigenvalue weighted by Crippen LogP contribution is 2.30. The molecule has 0 amide bonds. The third-order valence-electron chi connectivity index (χ3n) is 7.42. The second kappa shape index (κ2) is 10.5. The minimum absolute atomic E-state index is 0.00618. The van der Waals surface area contributed by atoms with Crippen molar-refractivity contribution in [3.63, 3.8) is 0 Å². The molecule has 1 fully saturated rings. The van der Waals surface area contributed by atoms with Crippen LogP contribution in [0.2, 0.25) is 0 Å². The summed E-state index contributed by atoms with van der Waals surface area (Å²) in [5.74, 6) is -0.421. The molecule has 1 aromatic carbocycles. The van der Waals surface area contributed by atoms with Gasteiger partial charge in [-0.05, 0) is 63.3 Å². The van der Waals surface area contributed by atoms with E-state index in [0.29, 0.717) is 24.4 Å². The smallest absolute Gasteiger partial charge is 0.313 e. The molecule has 1 aliphatic heterocycles. The summed E-state index contributed by atoms with van der Waals surface area (Å²) in [6.07, 6.45) is 8.95. The summed E-state index contributed by atoms with van der Waals surface area (Å²) in [7, 11) is 0. The van der Waals surface area contributed by atoms with Crippen LogP contribution in [-0.2, 0) is 29.1 Å². The molecule has 1 saturated heterocycles. The van der Waals surface area contributed by atoms with E-state index in [-0.39, 0.29) is 24.7 Å². The number of rotatable bonds is 7. The lowest BCUT2D eigenvalue weighted by atomic mass is 9.98. The average molecular weight is 564 g/mol. The van der Waals surface area contributed by atoms with E-state index in [1.54, 1.807) is 39.4 Å². The number of imidazole rings is 1. The minimum Gasteiger partial charge on any atom is -0.442 e. The predicted octanol–water partition coefficient (Wildman–Crippen LogP) is 3.86. The second-order valence-corrected chi connectivity index (χ2v) is 11.6. The summed E-state index contributed by atoms with van der Waals surface area (Å²) in [5.41, 5.74) is 3.29. The molecule has 4 heterocycles. The summed E-state index contributed by atoms with van der Waals surface area (Å²) in [6, 6.07) is 2.54. The Morgan fingerprint density at radius 2 is 1.85 bits per heavy atom. The van der Waals surface area contributed by atoms with Gasteiger partial charge in [0, 0.05) is 25.0 Å². The van der Waals surface area contributed by atoms with Gasteiger partial charge < -0.3 is 19.9 Å². The van der Waals surface area contributed by atoms with E-state index >= 15 is 0 Å². The highest BCUT2D eigenvalue weighted by molar-refractivity contribution is 5.75. The van der Waals surface area contributed by atoms with Crippen LogP contribution in [0.1, 0.15) is 49.9 Å². The van der Waals surface area contributed by atoms with Gasteiger partial charge in [0.25, 0.3) is 0 Å². The number of carbonyl (C=O) groups is 1. The monoisotopic (exact) mass is 563 g/mol. The molecule has 6 rings (SSSR count). The maximum atomic E-state index is 13.6. The molecule has 11 nitrogen and oxygen atoms in total. The molecule has 2 aliphatic rings. The summed E-state index contributed by atoms with van der Waals surface area (Å²) >= 11 is 0. The van der Waals surface area contributed by atoms with Gasteiger partial charge in [-0.15, -0.1) is 5.10 Å². The van der Waals surface area contributed by atoms with Gasteiger partial charge in [0.2, 0.25) is 5.95 Å². The molecule has 2 N–H and O–H groups in total. The van der Waals surface area contributed by atoms with Crippen molar-refractivity contribution >= 4 is 17.7 Å². The SMILES string of the molecule is CC(C)(C)C(=O)OCn1cc(C2CCN(c3ncc(-c4cnc(NC5Cc6cc(F)c(F)cc6C5)cn4)[nH]3)C2)nn1. The minimum atomic E-state index is -0.819. The highest BCUT2D eigenvalue weighted by Gasteiger charge is 2.29. The number of halogens is 2. The Bertz CT molecular complexity index is 1530. The van der Waals surface area contributed by atoms with Crippen molar-refractivity contribution in [1.29, 1.82) is 0 Å². The Morgan fingerprint density at radius 1 is 1.10 bits per heavy atom. The largest absolute Gasteiger partial charge is 0.442 e. The van der Waals surface area contributed by atoms with Gasteiger partial charge >= 0.3 is 5.97 Å². The Morgan fingerprint density at radius 3 is 2.54 bits per heavy atom. The average Bonchev–Trinajstić information content (AvgIpc) is 3.74. The van der Waals surface area contributed by atoms with Crippen LogP contribution in [-0.4, -0.2) is 60.0 Å². The summed E-state index contributed by atoms with van der Waals surface area (Å²) in [4.78, 5) is 31.1. The fourth-order valence-electron chi connectivity index (χ4n) is 5.17. The predicted molar refractivity (Wildman–Crippen MR) is 146 cm³/mol. The Labute approximate surface area is 235 Å². The third-order valence-corrected chi connectivity index (χ3v) is 7.42. The van der Waals surface area contributed by atoms with Crippen molar-refractivity contribution in [3.05, 3.63) is 65.4 Å². The first-order valence-electron chi connectivity index (χ1n) is 13.6. The van der Waals surface area contributed by atoms with E-state index in [0.717, 1.165) is 48.0 Å². The molecular formula is C28H31F2N9O2. The zero-order chi connectivity index (χ0) is 28.7. The quantitative estimate of drug-likeness (QED) is 0.322. The number of hydrogen-bond acceptors (Lipinski definition) is 9. The number of carbonyl (C=O) groups excluding carboxylic acids is 1. The molecule has 214 valence electrons. The number of aromatic amines is 1. The van der Waals surface area contributed by atoms with Crippen LogP contribution in [0.15, 0.2) is 36.9 Å². The first-order valence-corrected chi connectivity index (χ1v) is 13.6. The molecule has 1 unspecified atom stereocenters. The van der Waals surface area contributed by atoms with Crippen LogP contribution in [0.4, 0.5) is 20.5 Å². The normalized spacial score (nSPS) is 17.2. The first kappa shape index (κ1) is 26.8. The van der Waals surface area contributed by atoms with E-state index in [4.69, 9.17) is 4.74 Å². The van der Waals surface area contributed by atoms with E-state index < -0.39 is 17.0 Å². The molecule has 4 aromatic rings. The summed E-state index contributed by atoms with van der Waals surface area (Å²) in [5, 5.41) is 11.7. The number of fused-ring (bicyclic) bond motifs is 1. The van der Waals surface area contributed by atoms with Crippen molar-refractivity contribution in [3.8, 4) is 11.4 Å². The fourth-order valence-corrected chi connectivity index (χ4v) is 5.17. The van der Waals surface area contributed by atoms with Gasteiger partial charge in [-0.1, -0.05) is 5.21 Å². The summed E-state index contributed by atoms with van der Waals surface area (Å²) in [6.45, 7) is 6.97. The van der Waals surface area contributed by atoms with Gasteiger partial charge in [0.15, 0.2) is 18.4 Å². The number of nitrogens with zero attached hydrogens (tertiary/aromatic N) is 7. The van der Waals surface area contributed by atoms with Crippen LogP contribution >= 0.6 is 0 Å². The van der Waals surface area contributed by atoms with Gasteiger partial charge in [0.1, 0.15) is 11.5 Å². The number of H-pyrrole nitrogens is 1. The van der Waals surface area contributed by atoms with Crippen molar-refractivity contribution in [2.75, 3.05) is 23.3 Å². The maximum absolute atomic E-state index is 13.6. The molecule has 1 aliphatic carbocycles. The van der Waals surface area contributed by atoms with E-state index in [9.17, 15) is 13.6 Å². The van der Waals surface area contributed by atoms with Gasteiger partial charge in [-0.2, -0.15) is 0 Å². The number of ether oxygens (including phenoxy) is 1. The molecule has 1 atom stereocenters. The van der Waals surface area contributed by atoms with Crippen molar-refractivity contribution in [1.82, 2.24) is 34.9 Å². The molecule has 0 saturated carbocycles. The van der Waals surface area contributed by atoms with E-state index in [1.165, 1.54) is 16.8 Å². The van der Waals surface area contributed by atoms with Crippen LogP contribution in [0, 0.1) is 17.0 Å². The number of nitrogens with one attached hydrogen (secondary N) is 2. The number of esters is 1. The topological polar surface area (TPSA) is 127 Å². The lowest BCUT2D eigenvalue weighted by molar-refractivity contribution is -0.157. The molecular weight excluding hydrogens is 532 g/mol.